The molecule has 1 fully saturated rings. The van der Waals surface area contributed by atoms with Gasteiger partial charge in [0.1, 0.15) is 5.82 Å². The van der Waals surface area contributed by atoms with Gasteiger partial charge in [0.15, 0.2) is 0 Å². The molecule has 1 unspecified atom stereocenters. The molecule has 2 aromatic carbocycles. The highest BCUT2D eigenvalue weighted by Gasteiger charge is 2.17. The molecule has 4 rings (SSSR count). The lowest BCUT2D eigenvalue weighted by Gasteiger charge is -2.15. The number of hydrogen-bond acceptors (Lipinski definition) is 6. The number of hydrogen-bond donors (Lipinski definition) is 2. The summed E-state index contributed by atoms with van der Waals surface area (Å²) in [6.45, 7) is 4.19. The van der Waals surface area contributed by atoms with Crippen LogP contribution in [-0.4, -0.2) is 30.8 Å². The Morgan fingerprint density at radius 2 is 1.75 bits per heavy atom. The summed E-state index contributed by atoms with van der Waals surface area (Å²) in [6.07, 6.45) is 16.5. The first-order valence-corrected chi connectivity index (χ1v) is 13.5. The molecule has 36 heavy (non-hydrogen) atoms. The Balaban J connectivity index is 0.000000496. The fourth-order valence-corrected chi connectivity index (χ4v) is 4.88. The van der Waals surface area contributed by atoms with E-state index < -0.39 is 15.8 Å². The molecule has 0 amide bonds. The fraction of sp³-hybridized carbons (Fsp3) is 0.385. The average Bonchev–Trinajstić information content (AvgIpc) is 3.43. The summed E-state index contributed by atoms with van der Waals surface area (Å²) in [5, 5.41) is 11.2. The Morgan fingerprint density at radius 1 is 1.14 bits per heavy atom. The minimum Gasteiger partial charge on any atom is -0.400 e. The van der Waals surface area contributed by atoms with Gasteiger partial charge in [-0.3, -0.25) is 0 Å². The van der Waals surface area contributed by atoms with Gasteiger partial charge in [-0.25, -0.2) is 17.5 Å². The first kappa shape index (κ1) is 31.4. The van der Waals surface area contributed by atoms with Crippen molar-refractivity contribution in [2.75, 3.05) is 7.11 Å². The third-order valence-corrected chi connectivity index (χ3v) is 7.46. The van der Waals surface area contributed by atoms with E-state index in [1.807, 2.05) is 6.92 Å². The standard InChI is InChI=1S/C16H15FN3O3PS.C7H14.C2H2.CH4O/c1-10-2-4-12(5-3-10)25(21,22)19-8-11-6-14(17)13(7-15(11)24)16-18-9-23-20-16;1-7-5-3-2-4-6-7;2*1-2/h2-7,9,19H,8,24H2,1H3;7H,2-6H2,1H3;1-2H;2H,1H3. The van der Waals surface area contributed by atoms with Gasteiger partial charge in [-0.2, -0.15) is 4.98 Å². The van der Waals surface area contributed by atoms with Crippen LogP contribution in [0.4, 0.5) is 4.39 Å². The predicted octanol–water partition coefficient (Wildman–Crippen LogP) is 4.61. The predicted molar refractivity (Wildman–Crippen MR) is 145 cm³/mol. The van der Waals surface area contributed by atoms with Gasteiger partial charge in [0, 0.05) is 13.7 Å². The zero-order valence-electron chi connectivity index (χ0n) is 20.9. The summed E-state index contributed by atoms with van der Waals surface area (Å²) in [4.78, 5) is 3.97. The van der Waals surface area contributed by atoms with Crippen LogP contribution in [0.5, 0.6) is 0 Å². The summed E-state index contributed by atoms with van der Waals surface area (Å²) in [5.74, 6) is 0.610. The minimum atomic E-state index is -3.68. The van der Waals surface area contributed by atoms with E-state index in [1.165, 1.54) is 56.4 Å². The van der Waals surface area contributed by atoms with Crippen LogP contribution in [0.1, 0.15) is 50.2 Å². The maximum atomic E-state index is 14.3. The van der Waals surface area contributed by atoms with E-state index >= 15 is 0 Å². The largest absolute Gasteiger partial charge is 0.400 e. The van der Waals surface area contributed by atoms with Crippen LogP contribution in [0.25, 0.3) is 11.4 Å². The molecule has 7 nitrogen and oxygen atoms in total. The molecule has 0 bridgehead atoms. The van der Waals surface area contributed by atoms with Gasteiger partial charge in [-0.15, -0.1) is 22.1 Å². The van der Waals surface area contributed by atoms with Gasteiger partial charge < -0.3 is 9.63 Å². The monoisotopic (exact) mass is 535 g/mol. The highest BCUT2D eigenvalue weighted by molar-refractivity contribution is 7.89. The molecule has 1 aromatic heterocycles. The van der Waals surface area contributed by atoms with Gasteiger partial charge in [-0.1, -0.05) is 61.9 Å². The number of aryl methyl sites for hydroxylation is 1. The molecule has 0 aliphatic heterocycles. The van der Waals surface area contributed by atoms with Gasteiger partial charge in [0.05, 0.1) is 10.5 Å². The van der Waals surface area contributed by atoms with Crippen molar-refractivity contribution in [1.82, 2.24) is 14.9 Å². The number of rotatable bonds is 5. The average molecular weight is 536 g/mol. The molecule has 0 spiro atoms. The molecule has 1 heterocycles. The van der Waals surface area contributed by atoms with Crippen molar-refractivity contribution in [3.63, 3.8) is 0 Å². The number of aliphatic hydroxyl groups is 1. The van der Waals surface area contributed by atoms with E-state index in [0.717, 1.165) is 25.0 Å². The normalized spacial score (nSPS) is 13.2. The lowest BCUT2D eigenvalue weighted by Crippen LogP contribution is -2.25. The smallest absolute Gasteiger partial charge is 0.240 e. The molecule has 1 aliphatic rings. The van der Waals surface area contributed by atoms with Crippen LogP contribution in [-0.2, 0) is 16.6 Å². The summed E-state index contributed by atoms with van der Waals surface area (Å²) < 4.78 is 46.0. The maximum absolute atomic E-state index is 14.3. The number of benzene rings is 2. The van der Waals surface area contributed by atoms with Crippen LogP contribution in [0.2, 0.25) is 0 Å². The molecular formula is C26H35FN3O4PS. The van der Waals surface area contributed by atoms with Crippen molar-refractivity contribution in [2.24, 2.45) is 5.92 Å². The van der Waals surface area contributed by atoms with Crippen molar-refractivity contribution >= 4 is 24.6 Å². The number of terminal acetylenes is 1. The topological polar surface area (TPSA) is 105 Å². The summed E-state index contributed by atoms with van der Waals surface area (Å²) in [7, 11) is -0.228. The Morgan fingerprint density at radius 3 is 2.25 bits per heavy atom. The van der Waals surface area contributed by atoms with E-state index in [9.17, 15) is 12.8 Å². The summed E-state index contributed by atoms with van der Waals surface area (Å²) >= 11 is 0. The zero-order chi connectivity index (χ0) is 27.1. The molecule has 2 N–H and O–H groups in total. The second-order valence-corrected chi connectivity index (χ2v) is 10.6. The highest BCUT2D eigenvalue weighted by atomic mass is 32.2. The van der Waals surface area contributed by atoms with Gasteiger partial charge in [0.25, 0.3) is 0 Å². The molecule has 10 heteroatoms. The van der Waals surface area contributed by atoms with E-state index in [0.29, 0.717) is 10.9 Å². The van der Waals surface area contributed by atoms with Gasteiger partial charge >= 0.3 is 0 Å². The number of aromatic nitrogens is 2. The van der Waals surface area contributed by atoms with Crippen LogP contribution in [0, 0.1) is 31.5 Å². The number of nitrogens with zero attached hydrogens (tertiary/aromatic N) is 2. The van der Waals surface area contributed by atoms with Crippen molar-refractivity contribution in [2.45, 2.75) is 57.4 Å². The molecular weight excluding hydrogens is 500 g/mol. The quantitative estimate of drug-likeness (QED) is 0.365. The third kappa shape index (κ3) is 9.79. The van der Waals surface area contributed by atoms with E-state index in [4.69, 9.17) is 5.11 Å². The Kier molecular flexibility index (Phi) is 14.1. The highest BCUT2D eigenvalue weighted by Crippen LogP contribution is 2.22. The molecule has 1 aliphatic carbocycles. The molecule has 196 valence electrons. The zero-order valence-corrected chi connectivity index (χ0v) is 22.9. The fourth-order valence-electron chi connectivity index (χ4n) is 3.53. The van der Waals surface area contributed by atoms with Crippen molar-refractivity contribution in [3.05, 3.63) is 59.7 Å². The second kappa shape index (κ2) is 16.2. The van der Waals surface area contributed by atoms with Crippen molar-refractivity contribution < 1.29 is 22.4 Å². The Bertz CT molecular complexity index is 1160. The first-order valence-electron chi connectivity index (χ1n) is 11.5. The Labute approximate surface area is 216 Å². The van der Waals surface area contributed by atoms with E-state index in [2.05, 4.69) is 48.4 Å². The lowest BCUT2D eigenvalue weighted by molar-refractivity contribution is 0.385. The van der Waals surface area contributed by atoms with Crippen LogP contribution in [0.3, 0.4) is 0 Å². The van der Waals surface area contributed by atoms with Crippen LogP contribution in [0.15, 0.2) is 52.2 Å². The Hall–Kier alpha value is -2.63. The SMILES string of the molecule is C#C.CC1CCCCC1.CO.Cc1ccc(S(=O)(=O)NCc2cc(F)c(-c3ncon3)cc2P)cc1. The molecule has 1 saturated carbocycles. The number of sulfonamides is 1. The van der Waals surface area contributed by atoms with E-state index in [1.54, 1.807) is 12.1 Å². The van der Waals surface area contributed by atoms with Gasteiger partial charge in [-0.05, 0) is 48.0 Å². The van der Waals surface area contributed by atoms with Crippen LogP contribution >= 0.6 is 9.24 Å². The second-order valence-electron chi connectivity index (χ2n) is 8.17. The van der Waals surface area contributed by atoms with Crippen LogP contribution < -0.4 is 10.0 Å². The molecule has 0 saturated heterocycles. The lowest BCUT2D eigenvalue weighted by atomic mass is 9.91. The molecule has 0 radical (unpaired) electrons. The first-order chi connectivity index (χ1) is 17.3. The molecule has 1 atom stereocenters. The number of nitrogens with one attached hydrogen (secondary N) is 1. The van der Waals surface area contributed by atoms with Crippen molar-refractivity contribution in [3.8, 4) is 24.2 Å². The van der Waals surface area contributed by atoms with Crippen molar-refractivity contribution in [1.29, 1.82) is 0 Å². The van der Waals surface area contributed by atoms with E-state index in [-0.39, 0.29) is 22.8 Å². The minimum absolute atomic E-state index is 0.0432. The number of aliphatic hydroxyl groups excluding tert-OH is 1. The number of halogens is 1. The summed E-state index contributed by atoms with van der Waals surface area (Å²) in [6, 6.07) is 9.27. The maximum Gasteiger partial charge on any atom is 0.240 e. The third-order valence-electron chi connectivity index (χ3n) is 5.51. The summed E-state index contributed by atoms with van der Waals surface area (Å²) in [5.41, 5.74) is 1.64. The van der Waals surface area contributed by atoms with Gasteiger partial charge in [0.2, 0.25) is 22.2 Å². The molecule has 3 aromatic rings.